The number of carboxylic acids is 1. The molecule has 0 aliphatic carbocycles. The molecule has 1 rings (SSSR count). The molecule has 98 valence electrons. The Morgan fingerprint density at radius 2 is 1.94 bits per heavy atom. The molecule has 6 heteroatoms. The minimum absolute atomic E-state index is 0.351. The zero-order valence-electron chi connectivity index (χ0n) is 10.2. The monoisotopic (exact) mass is 254 g/mol. The number of nitrogens with zero attached hydrogens (tertiary/aromatic N) is 1. The van der Waals surface area contributed by atoms with Crippen molar-refractivity contribution in [3.05, 3.63) is 30.1 Å². The Kier molecular flexibility index (Phi) is 4.65. The number of benzene rings is 1. The zero-order chi connectivity index (χ0) is 13.7. The molecule has 0 radical (unpaired) electrons. The third-order valence-electron chi connectivity index (χ3n) is 2.41. The van der Waals surface area contributed by atoms with E-state index in [0.29, 0.717) is 12.2 Å². The van der Waals surface area contributed by atoms with Crippen LogP contribution in [0.25, 0.3) is 0 Å². The van der Waals surface area contributed by atoms with E-state index in [1.54, 1.807) is 6.92 Å². The van der Waals surface area contributed by atoms with E-state index in [9.17, 15) is 14.0 Å². The second kappa shape index (κ2) is 6.00. The normalized spacial score (nSPS) is 11.7. The highest BCUT2D eigenvalue weighted by molar-refractivity contribution is 5.94. The highest BCUT2D eigenvalue weighted by atomic mass is 19.1. The van der Waals surface area contributed by atoms with Crippen LogP contribution in [-0.2, 0) is 4.79 Å². The summed E-state index contributed by atoms with van der Waals surface area (Å²) in [5, 5.41) is 11.0. The third kappa shape index (κ3) is 3.44. The number of hydrogen-bond acceptors (Lipinski definition) is 2. The third-order valence-corrected chi connectivity index (χ3v) is 2.41. The van der Waals surface area contributed by atoms with Crippen molar-refractivity contribution >= 4 is 17.7 Å². The second-order valence-corrected chi connectivity index (χ2v) is 3.73. The molecule has 0 heterocycles. The van der Waals surface area contributed by atoms with Crippen molar-refractivity contribution in [3.63, 3.8) is 0 Å². The maximum Gasteiger partial charge on any atom is 0.325 e. The number of aliphatic carboxylic acids is 1. The molecule has 0 spiro atoms. The maximum absolute atomic E-state index is 12.8. The van der Waals surface area contributed by atoms with Gasteiger partial charge in [-0.05, 0) is 38.1 Å². The van der Waals surface area contributed by atoms with Crippen LogP contribution in [0.15, 0.2) is 24.3 Å². The number of hydrogen-bond donors (Lipinski definition) is 2. The lowest BCUT2D eigenvalue weighted by atomic mass is 10.3. The molecule has 0 bridgehead atoms. The summed E-state index contributed by atoms with van der Waals surface area (Å²) in [6.45, 7) is 3.47. The van der Waals surface area contributed by atoms with Gasteiger partial charge in [-0.3, -0.25) is 9.69 Å². The largest absolute Gasteiger partial charge is 0.480 e. The topological polar surface area (TPSA) is 69.6 Å². The molecular weight excluding hydrogens is 239 g/mol. The first-order valence-corrected chi connectivity index (χ1v) is 5.52. The fraction of sp³-hybridized carbons (Fsp3) is 0.333. The number of urea groups is 1. The molecule has 0 aliphatic rings. The lowest BCUT2D eigenvalue weighted by Gasteiger charge is -2.22. The van der Waals surface area contributed by atoms with Gasteiger partial charge in [0, 0.05) is 12.2 Å². The van der Waals surface area contributed by atoms with Crippen molar-refractivity contribution < 1.29 is 19.1 Å². The Morgan fingerprint density at radius 3 is 2.39 bits per heavy atom. The van der Waals surface area contributed by atoms with E-state index in [-0.39, 0.29) is 0 Å². The van der Waals surface area contributed by atoms with E-state index in [2.05, 4.69) is 5.32 Å². The molecule has 0 unspecified atom stereocenters. The van der Waals surface area contributed by atoms with Crippen LogP contribution < -0.4 is 10.2 Å². The van der Waals surface area contributed by atoms with Gasteiger partial charge >= 0.3 is 12.0 Å². The van der Waals surface area contributed by atoms with E-state index in [1.807, 2.05) is 0 Å². The molecular formula is C12H15FN2O3. The number of nitrogens with one attached hydrogen (secondary N) is 1. The van der Waals surface area contributed by atoms with Crippen molar-refractivity contribution in [1.29, 1.82) is 0 Å². The lowest BCUT2D eigenvalue weighted by molar-refractivity contribution is -0.138. The minimum atomic E-state index is -1.11. The van der Waals surface area contributed by atoms with Gasteiger partial charge in [0.2, 0.25) is 0 Å². The standard InChI is InChI=1S/C12H15FN2O3/c1-3-15(10-6-4-9(13)5-7-10)12(18)14-8(2)11(16)17/h4-8H,3H2,1-2H3,(H,14,18)(H,16,17)/t8-/m1/s1. The summed E-state index contributed by atoms with van der Waals surface area (Å²) < 4.78 is 12.8. The van der Waals surface area contributed by atoms with Crippen molar-refractivity contribution in [3.8, 4) is 0 Å². The van der Waals surface area contributed by atoms with Gasteiger partial charge in [-0.15, -0.1) is 0 Å². The quantitative estimate of drug-likeness (QED) is 0.861. The summed E-state index contributed by atoms with van der Waals surface area (Å²) >= 11 is 0. The summed E-state index contributed by atoms with van der Waals surface area (Å²) in [6, 6.07) is 3.90. The van der Waals surface area contributed by atoms with Crippen LogP contribution in [0.2, 0.25) is 0 Å². The van der Waals surface area contributed by atoms with Gasteiger partial charge in [-0.25, -0.2) is 9.18 Å². The number of amides is 2. The summed E-state index contributed by atoms with van der Waals surface area (Å²) in [6.07, 6.45) is 0. The average molecular weight is 254 g/mol. The van der Waals surface area contributed by atoms with Gasteiger partial charge < -0.3 is 10.4 Å². The fourth-order valence-corrected chi connectivity index (χ4v) is 1.39. The molecule has 1 atom stereocenters. The van der Waals surface area contributed by atoms with E-state index < -0.39 is 23.9 Å². The van der Waals surface area contributed by atoms with E-state index in [4.69, 9.17) is 5.11 Å². The molecule has 0 aliphatic heterocycles. The van der Waals surface area contributed by atoms with Crippen LogP contribution in [0.4, 0.5) is 14.9 Å². The number of rotatable bonds is 4. The van der Waals surface area contributed by atoms with Crippen molar-refractivity contribution in [2.45, 2.75) is 19.9 Å². The average Bonchev–Trinajstić information content (AvgIpc) is 2.32. The first-order valence-electron chi connectivity index (χ1n) is 5.52. The van der Waals surface area contributed by atoms with Gasteiger partial charge in [0.15, 0.2) is 0 Å². The molecule has 1 aromatic carbocycles. The maximum atomic E-state index is 12.8. The molecule has 0 aromatic heterocycles. The predicted octanol–water partition coefficient (Wildman–Crippen LogP) is 1.83. The Hall–Kier alpha value is -2.11. The summed E-state index contributed by atoms with van der Waals surface area (Å²) in [5.74, 6) is -1.51. The molecule has 2 N–H and O–H groups in total. The number of anilines is 1. The SMILES string of the molecule is CCN(C(=O)N[C@H](C)C(=O)O)c1ccc(F)cc1. The van der Waals surface area contributed by atoms with Crippen LogP contribution >= 0.6 is 0 Å². The highest BCUT2D eigenvalue weighted by Gasteiger charge is 2.19. The molecule has 1 aromatic rings. The zero-order valence-corrected chi connectivity index (χ0v) is 10.2. The molecule has 18 heavy (non-hydrogen) atoms. The van der Waals surface area contributed by atoms with E-state index >= 15 is 0 Å². The van der Waals surface area contributed by atoms with Gasteiger partial charge in [0.1, 0.15) is 11.9 Å². The summed E-state index contributed by atoms with van der Waals surface area (Å²) in [7, 11) is 0. The fourth-order valence-electron chi connectivity index (χ4n) is 1.39. The van der Waals surface area contributed by atoms with Crippen molar-refractivity contribution in [2.75, 3.05) is 11.4 Å². The Balaban J connectivity index is 2.80. The Labute approximate surface area is 104 Å². The Morgan fingerprint density at radius 1 is 1.39 bits per heavy atom. The highest BCUT2D eigenvalue weighted by Crippen LogP contribution is 2.14. The molecule has 5 nitrogen and oxygen atoms in total. The smallest absolute Gasteiger partial charge is 0.325 e. The van der Waals surface area contributed by atoms with Gasteiger partial charge in [-0.1, -0.05) is 0 Å². The van der Waals surface area contributed by atoms with E-state index in [1.165, 1.54) is 36.1 Å². The van der Waals surface area contributed by atoms with Crippen LogP contribution in [0.3, 0.4) is 0 Å². The number of carbonyl (C=O) groups is 2. The van der Waals surface area contributed by atoms with Crippen LogP contribution in [0, 0.1) is 5.82 Å². The molecule has 0 fully saturated rings. The predicted molar refractivity (Wildman–Crippen MR) is 65.0 cm³/mol. The Bertz CT molecular complexity index is 433. The molecule has 0 saturated carbocycles. The summed E-state index contributed by atoms with van der Waals surface area (Å²) in [5.41, 5.74) is 0.508. The number of carboxylic acid groups (broad SMARTS) is 1. The second-order valence-electron chi connectivity index (χ2n) is 3.73. The molecule has 0 saturated heterocycles. The van der Waals surface area contributed by atoms with Crippen molar-refractivity contribution in [1.82, 2.24) is 5.32 Å². The van der Waals surface area contributed by atoms with Gasteiger partial charge in [0.25, 0.3) is 0 Å². The van der Waals surface area contributed by atoms with Gasteiger partial charge in [-0.2, -0.15) is 0 Å². The van der Waals surface area contributed by atoms with Gasteiger partial charge in [0.05, 0.1) is 0 Å². The van der Waals surface area contributed by atoms with Crippen LogP contribution in [0.1, 0.15) is 13.8 Å². The molecule has 2 amide bonds. The first-order chi connectivity index (χ1) is 8.45. The van der Waals surface area contributed by atoms with Crippen LogP contribution in [0.5, 0.6) is 0 Å². The number of halogens is 1. The first kappa shape index (κ1) is 14.0. The van der Waals surface area contributed by atoms with Crippen LogP contribution in [-0.4, -0.2) is 29.7 Å². The summed E-state index contributed by atoms with van der Waals surface area (Å²) in [4.78, 5) is 23.8. The minimum Gasteiger partial charge on any atom is -0.480 e. The van der Waals surface area contributed by atoms with Crippen molar-refractivity contribution in [2.24, 2.45) is 0 Å². The lowest BCUT2D eigenvalue weighted by Crippen LogP contribution is -2.46. The number of carbonyl (C=O) groups excluding carboxylic acids is 1. The van der Waals surface area contributed by atoms with E-state index in [0.717, 1.165) is 0 Å².